The smallest absolute Gasteiger partial charge is 0.268 e. The molecule has 0 unspecified atom stereocenters. The van der Waals surface area contributed by atoms with Crippen LogP contribution in [0.1, 0.15) is 24.0 Å². The second-order valence-corrected chi connectivity index (χ2v) is 5.59. The maximum absolute atomic E-state index is 11.7. The molecule has 0 spiro atoms. The molecule has 0 bridgehead atoms. The fraction of sp³-hybridized carbons (Fsp3) is 0.211. The quantitative estimate of drug-likeness (QED) is 0.534. The van der Waals surface area contributed by atoms with Crippen molar-refractivity contribution in [3.05, 3.63) is 64.1 Å². The molecule has 0 saturated heterocycles. The van der Waals surface area contributed by atoms with E-state index in [4.69, 9.17) is 6.42 Å². The molecule has 0 N–H and O–H groups in total. The van der Waals surface area contributed by atoms with Crippen molar-refractivity contribution in [2.75, 3.05) is 0 Å². The minimum atomic E-state index is -0.139. The molecule has 0 aliphatic heterocycles. The molecule has 0 fully saturated rings. The summed E-state index contributed by atoms with van der Waals surface area (Å²) in [5, 5.41) is 4.05. The molecule has 4 rings (SSSR count). The highest BCUT2D eigenvalue weighted by Gasteiger charge is 2.11. The van der Waals surface area contributed by atoms with Crippen LogP contribution in [0.4, 0.5) is 0 Å². The molecule has 2 aromatic rings. The van der Waals surface area contributed by atoms with Crippen LogP contribution in [0.3, 0.4) is 0 Å². The minimum absolute atomic E-state index is 0.139. The van der Waals surface area contributed by atoms with Gasteiger partial charge in [-0.15, -0.1) is 6.42 Å². The molecule has 0 radical (unpaired) electrons. The molecule has 2 aliphatic rings. The van der Waals surface area contributed by atoms with Crippen LogP contribution >= 0.6 is 0 Å². The maximum atomic E-state index is 11.7. The Morgan fingerprint density at radius 2 is 2.04 bits per heavy atom. The number of hydrogen-bond donors (Lipinski definition) is 0. The number of aryl methyl sites for hydroxylation is 3. The Balaban J connectivity index is 0.000000198. The number of benzene rings is 1. The molecular weight excluding hydrogens is 300 g/mol. The van der Waals surface area contributed by atoms with Crippen molar-refractivity contribution in [1.82, 2.24) is 19.3 Å². The number of terminal acetylenes is 1. The SMILES string of the molecule is C#Cc1cn(-c2cnn(CC)c(=O)c2)c(C)n1.Cc1cc2ccc1-2. The Morgan fingerprint density at radius 3 is 2.42 bits per heavy atom. The number of aromatic nitrogens is 4. The number of hydrogen-bond acceptors (Lipinski definition) is 3. The van der Waals surface area contributed by atoms with Gasteiger partial charge in [-0.2, -0.15) is 5.10 Å². The van der Waals surface area contributed by atoms with Crippen LogP contribution in [0.2, 0.25) is 0 Å². The summed E-state index contributed by atoms with van der Waals surface area (Å²) in [6.07, 6.45) is 8.61. The highest BCUT2D eigenvalue weighted by molar-refractivity contribution is 5.80. The van der Waals surface area contributed by atoms with Gasteiger partial charge in [-0.3, -0.25) is 4.79 Å². The number of rotatable bonds is 2. The Kier molecular flexibility index (Phi) is 4.05. The van der Waals surface area contributed by atoms with E-state index >= 15 is 0 Å². The first kappa shape index (κ1) is 15.8. The minimum Gasteiger partial charge on any atom is -0.301 e. The molecule has 2 heterocycles. The lowest BCUT2D eigenvalue weighted by molar-refractivity contribution is 0.612. The van der Waals surface area contributed by atoms with Crippen LogP contribution in [0.15, 0.2) is 41.5 Å². The van der Waals surface area contributed by atoms with Crippen molar-refractivity contribution in [3.8, 4) is 29.2 Å². The monoisotopic (exact) mass is 318 g/mol. The highest BCUT2D eigenvalue weighted by atomic mass is 16.1. The first-order valence-corrected chi connectivity index (χ1v) is 7.74. The third-order valence-electron chi connectivity index (χ3n) is 4.00. The lowest BCUT2D eigenvalue weighted by Crippen LogP contribution is -2.21. The molecule has 24 heavy (non-hydrogen) atoms. The average molecular weight is 318 g/mol. The van der Waals surface area contributed by atoms with Crippen LogP contribution in [0, 0.1) is 26.2 Å². The van der Waals surface area contributed by atoms with Crippen molar-refractivity contribution >= 4 is 0 Å². The van der Waals surface area contributed by atoms with Gasteiger partial charge in [0.05, 0.1) is 11.9 Å². The highest BCUT2D eigenvalue weighted by Crippen LogP contribution is 2.35. The van der Waals surface area contributed by atoms with Gasteiger partial charge in [0, 0.05) is 18.8 Å². The third kappa shape index (κ3) is 2.74. The maximum Gasteiger partial charge on any atom is 0.268 e. The number of nitrogens with zero attached hydrogens (tertiary/aromatic N) is 4. The van der Waals surface area contributed by atoms with Gasteiger partial charge in [-0.1, -0.05) is 18.2 Å². The van der Waals surface area contributed by atoms with Gasteiger partial charge in [0.1, 0.15) is 11.5 Å². The molecule has 5 nitrogen and oxygen atoms in total. The summed E-state index contributed by atoms with van der Waals surface area (Å²) in [5.74, 6) is 3.19. The van der Waals surface area contributed by atoms with E-state index in [-0.39, 0.29) is 5.56 Å². The van der Waals surface area contributed by atoms with Crippen molar-refractivity contribution < 1.29 is 0 Å². The summed E-state index contributed by atoms with van der Waals surface area (Å²) in [4.78, 5) is 15.8. The van der Waals surface area contributed by atoms with Gasteiger partial charge >= 0.3 is 0 Å². The summed E-state index contributed by atoms with van der Waals surface area (Å²) in [6, 6.07) is 8.02. The Labute approximate surface area is 140 Å². The molecule has 2 aliphatic carbocycles. The predicted molar refractivity (Wildman–Crippen MR) is 94.1 cm³/mol. The molecule has 5 heteroatoms. The molecule has 0 atom stereocenters. The van der Waals surface area contributed by atoms with Gasteiger partial charge in [0.15, 0.2) is 0 Å². The molecular formula is C19H18N4O. The van der Waals surface area contributed by atoms with Crippen molar-refractivity contribution in [3.63, 3.8) is 0 Å². The van der Waals surface area contributed by atoms with E-state index in [1.54, 1.807) is 17.0 Å². The fourth-order valence-corrected chi connectivity index (χ4v) is 2.58. The van der Waals surface area contributed by atoms with E-state index in [9.17, 15) is 4.79 Å². The third-order valence-corrected chi connectivity index (χ3v) is 4.00. The largest absolute Gasteiger partial charge is 0.301 e. The summed E-state index contributed by atoms with van der Waals surface area (Å²) in [5.41, 5.74) is 5.43. The van der Waals surface area contributed by atoms with E-state index in [0.29, 0.717) is 17.9 Å². The second-order valence-electron chi connectivity index (χ2n) is 5.59. The van der Waals surface area contributed by atoms with Crippen molar-refractivity contribution in [2.24, 2.45) is 0 Å². The van der Waals surface area contributed by atoms with Crippen LogP contribution in [0.25, 0.3) is 16.8 Å². The number of fused-ring (bicyclic) bond motifs is 1. The summed E-state index contributed by atoms with van der Waals surface area (Å²) >= 11 is 0. The normalized spacial score (nSPS) is 10.6. The average Bonchev–Trinajstić information content (AvgIpc) is 2.94. The van der Waals surface area contributed by atoms with Crippen molar-refractivity contribution in [1.29, 1.82) is 0 Å². The van der Waals surface area contributed by atoms with Crippen molar-refractivity contribution in [2.45, 2.75) is 27.3 Å². The van der Waals surface area contributed by atoms with Gasteiger partial charge in [-0.05, 0) is 43.4 Å². The van der Waals surface area contributed by atoms with Crippen LogP contribution in [0.5, 0.6) is 0 Å². The van der Waals surface area contributed by atoms with Crippen LogP contribution in [-0.4, -0.2) is 19.3 Å². The zero-order valence-electron chi connectivity index (χ0n) is 13.9. The summed E-state index contributed by atoms with van der Waals surface area (Å²) < 4.78 is 3.14. The zero-order chi connectivity index (χ0) is 17.3. The summed E-state index contributed by atoms with van der Waals surface area (Å²) in [7, 11) is 0. The van der Waals surface area contributed by atoms with Gasteiger partial charge < -0.3 is 4.57 Å². The van der Waals surface area contributed by atoms with E-state index in [1.807, 2.05) is 13.8 Å². The van der Waals surface area contributed by atoms with Gasteiger partial charge in [-0.25, -0.2) is 9.67 Å². The lowest BCUT2D eigenvalue weighted by atomic mass is 9.88. The first-order chi connectivity index (χ1) is 11.5. The first-order valence-electron chi connectivity index (χ1n) is 7.74. The van der Waals surface area contributed by atoms with E-state index in [2.05, 4.69) is 41.1 Å². The summed E-state index contributed by atoms with van der Waals surface area (Å²) in [6.45, 7) is 6.39. The van der Waals surface area contributed by atoms with E-state index < -0.39 is 0 Å². The molecule has 0 aromatic carbocycles. The van der Waals surface area contributed by atoms with Crippen LogP contribution in [-0.2, 0) is 6.54 Å². The molecule has 2 aromatic heterocycles. The predicted octanol–water partition coefficient (Wildman–Crippen LogP) is 2.71. The molecule has 120 valence electrons. The lowest BCUT2D eigenvalue weighted by Gasteiger charge is -2.17. The Bertz CT molecular complexity index is 1000. The van der Waals surface area contributed by atoms with Gasteiger partial charge in [0.25, 0.3) is 5.56 Å². The Hall–Kier alpha value is -3.13. The zero-order valence-corrected chi connectivity index (χ0v) is 13.9. The van der Waals surface area contributed by atoms with Crippen LogP contribution < -0.4 is 5.56 Å². The fourth-order valence-electron chi connectivity index (χ4n) is 2.58. The second kappa shape index (κ2) is 6.17. The topological polar surface area (TPSA) is 52.7 Å². The molecule has 0 amide bonds. The standard InChI is InChI=1S/C12H12N4O.C7H6/c1-4-10-8-15(9(3)14-10)11-6-12(17)16(5-2)13-7-11;1-5-4-6-2-3-7(5)6/h1,6-8H,5H2,2-3H3;2-4H,1H3. The van der Waals surface area contributed by atoms with E-state index in [0.717, 1.165) is 5.82 Å². The van der Waals surface area contributed by atoms with Gasteiger partial charge in [0.2, 0.25) is 0 Å². The number of imidazole rings is 1. The van der Waals surface area contributed by atoms with E-state index in [1.165, 1.54) is 27.4 Å². The Morgan fingerprint density at radius 1 is 1.25 bits per heavy atom. The molecule has 0 saturated carbocycles.